The van der Waals surface area contributed by atoms with E-state index in [0.717, 1.165) is 24.8 Å². The first kappa shape index (κ1) is 20.6. The van der Waals surface area contributed by atoms with E-state index in [0.29, 0.717) is 6.61 Å². The zero-order valence-electron chi connectivity index (χ0n) is 16.5. The highest BCUT2D eigenvalue weighted by atomic mass is 28.3. The Kier molecular flexibility index (Phi) is 8.25. The number of amides is 1. The van der Waals surface area contributed by atoms with Crippen LogP contribution in [0.3, 0.4) is 0 Å². The summed E-state index contributed by atoms with van der Waals surface area (Å²) >= 11 is 0. The van der Waals surface area contributed by atoms with Crippen LogP contribution in [-0.4, -0.2) is 20.2 Å². The fourth-order valence-corrected chi connectivity index (χ4v) is 6.18. The first-order valence-corrected chi connectivity index (χ1v) is 12.7. The molecule has 1 aromatic rings. The van der Waals surface area contributed by atoms with Crippen LogP contribution in [0.1, 0.15) is 52.0 Å². The van der Waals surface area contributed by atoms with Crippen molar-refractivity contribution in [2.45, 2.75) is 77.2 Å². The Morgan fingerprint density at radius 1 is 1.12 bits per heavy atom. The van der Waals surface area contributed by atoms with Gasteiger partial charge in [-0.2, -0.15) is 0 Å². The normalized spacial score (nSPS) is 20.0. The van der Waals surface area contributed by atoms with E-state index in [2.05, 4.69) is 37.6 Å². The summed E-state index contributed by atoms with van der Waals surface area (Å²) < 4.78 is 5.40. The smallest absolute Gasteiger partial charge is 0.407 e. The lowest BCUT2D eigenvalue weighted by Gasteiger charge is -2.29. The molecule has 0 unspecified atom stereocenters. The summed E-state index contributed by atoms with van der Waals surface area (Å²) in [4.78, 5) is 12.2. The number of hydrogen-bond donors (Lipinski definition) is 1. The average molecular weight is 372 g/mol. The molecule has 1 aliphatic rings. The molecule has 142 valence electrons. The predicted molar refractivity (Wildman–Crippen MR) is 110 cm³/mol. The van der Waals surface area contributed by atoms with E-state index in [1.807, 2.05) is 30.3 Å². The molecule has 0 aliphatic heterocycles. The molecule has 0 bridgehead atoms. The van der Waals surface area contributed by atoms with Crippen LogP contribution in [0.5, 0.6) is 0 Å². The van der Waals surface area contributed by atoms with Crippen molar-refractivity contribution in [3.63, 3.8) is 0 Å². The Bertz CT molecular complexity index is 608. The first-order chi connectivity index (χ1) is 12.6. The summed E-state index contributed by atoms with van der Waals surface area (Å²) in [5.74, 6) is 3.85. The van der Waals surface area contributed by atoms with E-state index in [1.165, 1.54) is 24.6 Å². The van der Waals surface area contributed by atoms with E-state index >= 15 is 0 Å². The summed E-state index contributed by atoms with van der Waals surface area (Å²) in [6.07, 6.45) is 4.11. The molecule has 0 spiro atoms. The number of nitrogens with one attached hydrogen (secondary N) is 1. The highest BCUT2D eigenvalue weighted by molar-refractivity contribution is 6.87. The summed E-state index contributed by atoms with van der Waals surface area (Å²) in [5, 5.41) is 3.08. The molecule has 2 rings (SSSR count). The second kappa shape index (κ2) is 10.4. The largest absolute Gasteiger partial charge is 0.445 e. The van der Waals surface area contributed by atoms with E-state index < -0.39 is 8.07 Å². The van der Waals surface area contributed by atoms with Gasteiger partial charge in [0, 0.05) is 12.0 Å². The van der Waals surface area contributed by atoms with Crippen molar-refractivity contribution in [2.24, 2.45) is 5.92 Å². The van der Waals surface area contributed by atoms with Gasteiger partial charge in [0.2, 0.25) is 0 Å². The van der Waals surface area contributed by atoms with Crippen LogP contribution >= 0.6 is 0 Å². The first-order valence-electron chi connectivity index (χ1n) is 10.1. The standard InChI is InChI=1S/C22H33NO2Si/c1-4-26(5-2,6-3)17-16-20-14-10-11-15-21(20)23-22(24)25-18-19-12-8-7-9-13-19/h7-9,12-13,20-21H,4-6,10-11,14-15,18H2,1-3H3,(H,23,24)/t20-,21-/m1/s1. The van der Waals surface area contributed by atoms with Crippen LogP contribution in [0.15, 0.2) is 30.3 Å². The van der Waals surface area contributed by atoms with Gasteiger partial charge < -0.3 is 10.1 Å². The molecule has 2 atom stereocenters. The van der Waals surface area contributed by atoms with Gasteiger partial charge in [0.05, 0.1) is 0 Å². The third-order valence-corrected chi connectivity index (χ3v) is 10.6. The Hall–Kier alpha value is -1.73. The average Bonchev–Trinajstić information content (AvgIpc) is 2.70. The second-order valence-electron chi connectivity index (χ2n) is 7.31. The molecule has 1 aromatic carbocycles. The lowest BCUT2D eigenvalue weighted by atomic mass is 9.85. The number of ether oxygens (including phenoxy) is 1. The van der Waals surface area contributed by atoms with Crippen LogP contribution in [-0.2, 0) is 11.3 Å². The van der Waals surface area contributed by atoms with Gasteiger partial charge in [-0.1, -0.05) is 63.9 Å². The number of alkyl carbamates (subject to hydrolysis) is 1. The van der Waals surface area contributed by atoms with E-state index in [-0.39, 0.29) is 18.1 Å². The lowest BCUT2D eigenvalue weighted by Crippen LogP contribution is -2.42. The topological polar surface area (TPSA) is 38.3 Å². The Morgan fingerprint density at radius 2 is 1.77 bits per heavy atom. The summed E-state index contributed by atoms with van der Waals surface area (Å²) in [5.41, 5.74) is 4.72. The molecular formula is C22H33NO2Si. The van der Waals surface area contributed by atoms with Gasteiger partial charge >= 0.3 is 6.09 Å². The SMILES string of the molecule is CC[Si](C#C[C@H]1CCCC[C@H]1NC(=O)OCc1ccccc1)(CC)CC. The van der Waals surface area contributed by atoms with Gasteiger partial charge in [0.15, 0.2) is 0 Å². The second-order valence-corrected chi connectivity index (χ2v) is 12.2. The van der Waals surface area contributed by atoms with Crippen molar-refractivity contribution < 1.29 is 9.53 Å². The van der Waals surface area contributed by atoms with Crippen molar-refractivity contribution in [2.75, 3.05) is 0 Å². The van der Waals surface area contributed by atoms with E-state index in [9.17, 15) is 4.79 Å². The number of rotatable bonds is 6. The maximum Gasteiger partial charge on any atom is 0.407 e. The molecule has 0 radical (unpaired) electrons. The van der Waals surface area contributed by atoms with Crippen LogP contribution in [0.25, 0.3) is 0 Å². The monoisotopic (exact) mass is 371 g/mol. The maximum atomic E-state index is 12.2. The van der Waals surface area contributed by atoms with Gasteiger partial charge in [-0.15, -0.1) is 11.5 Å². The van der Waals surface area contributed by atoms with Crippen molar-refractivity contribution >= 4 is 14.2 Å². The van der Waals surface area contributed by atoms with E-state index in [1.54, 1.807) is 0 Å². The van der Waals surface area contributed by atoms with Crippen LogP contribution in [0.2, 0.25) is 18.1 Å². The minimum absolute atomic E-state index is 0.122. The molecule has 1 fully saturated rings. The minimum atomic E-state index is -1.44. The van der Waals surface area contributed by atoms with Crippen molar-refractivity contribution in [1.82, 2.24) is 5.32 Å². The van der Waals surface area contributed by atoms with Crippen LogP contribution in [0.4, 0.5) is 4.79 Å². The number of benzene rings is 1. The highest BCUT2D eigenvalue weighted by Gasteiger charge is 2.28. The van der Waals surface area contributed by atoms with Crippen LogP contribution < -0.4 is 5.32 Å². The van der Waals surface area contributed by atoms with Crippen molar-refractivity contribution in [3.05, 3.63) is 35.9 Å². The van der Waals surface area contributed by atoms with Crippen molar-refractivity contribution in [3.8, 4) is 11.5 Å². The molecule has 0 aromatic heterocycles. The number of carbonyl (C=O) groups excluding carboxylic acids is 1. The van der Waals surface area contributed by atoms with Crippen LogP contribution in [0, 0.1) is 17.4 Å². The van der Waals surface area contributed by atoms with E-state index in [4.69, 9.17) is 4.74 Å². The van der Waals surface area contributed by atoms with Crippen molar-refractivity contribution in [1.29, 1.82) is 0 Å². The zero-order valence-corrected chi connectivity index (χ0v) is 17.5. The van der Waals surface area contributed by atoms with Gasteiger partial charge in [0.1, 0.15) is 14.7 Å². The molecule has 1 amide bonds. The zero-order chi connectivity index (χ0) is 18.8. The third kappa shape index (κ3) is 5.91. The Morgan fingerprint density at radius 3 is 2.42 bits per heavy atom. The maximum absolute atomic E-state index is 12.2. The van der Waals surface area contributed by atoms with Gasteiger partial charge in [0.25, 0.3) is 0 Å². The molecular weight excluding hydrogens is 338 g/mol. The molecule has 1 N–H and O–H groups in total. The molecule has 4 heteroatoms. The highest BCUT2D eigenvalue weighted by Crippen LogP contribution is 2.25. The Balaban J connectivity index is 1.94. The summed E-state index contributed by atoms with van der Waals surface area (Å²) in [7, 11) is -1.44. The summed E-state index contributed by atoms with van der Waals surface area (Å²) in [6, 6.07) is 13.6. The fourth-order valence-electron chi connectivity index (χ4n) is 3.65. The third-order valence-electron chi connectivity index (χ3n) is 5.84. The molecule has 3 nitrogen and oxygen atoms in total. The minimum Gasteiger partial charge on any atom is -0.445 e. The Labute approximate surface area is 159 Å². The van der Waals surface area contributed by atoms with Gasteiger partial charge in [-0.25, -0.2) is 4.79 Å². The molecule has 0 saturated heterocycles. The molecule has 26 heavy (non-hydrogen) atoms. The molecule has 0 heterocycles. The molecule has 1 aliphatic carbocycles. The number of hydrogen-bond acceptors (Lipinski definition) is 2. The molecule has 1 saturated carbocycles. The lowest BCUT2D eigenvalue weighted by molar-refractivity contribution is 0.130. The predicted octanol–water partition coefficient (Wildman–Crippen LogP) is 5.52. The number of carbonyl (C=O) groups is 1. The summed E-state index contributed by atoms with van der Waals surface area (Å²) in [6.45, 7) is 7.16. The van der Waals surface area contributed by atoms with Gasteiger partial charge in [-0.3, -0.25) is 0 Å². The quantitative estimate of drug-likeness (QED) is 0.528. The fraction of sp³-hybridized carbons (Fsp3) is 0.591. The van der Waals surface area contributed by atoms with Gasteiger partial charge in [-0.05, 0) is 36.5 Å².